The zero-order valence-corrected chi connectivity index (χ0v) is 17.7. The summed E-state index contributed by atoms with van der Waals surface area (Å²) in [6, 6.07) is 7.92. The van der Waals surface area contributed by atoms with E-state index in [0.717, 1.165) is 0 Å². The van der Waals surface area contributed by atoms with Crippen LogP contribution in [0.1, 0.15) is 6.42 Å². The second-order valence-corrected chi connectivity index (χ2v) is 7.41. The second-order valence-electron chi connectivity index (χ2n) is 5.79. The molecule has 172 valence electrons. The Balaban J connectivity index is 1.80. The molecule has 0 heterocycles. The lowest BCUT2D eigenvalue weighted by atomic mass is 10.4. The fraction of sp³-hybridized carbons (Fsp3) is 0.632. The highest BCUT2D eigenvalue weighted by Crippen LogP contribution is 2.10. The van der Waals surface area contributed by atoms with Crippen molar-refractivity contribution < 1.29 is 46.2 Å². The van der Waals surface area contributed by atoms with Gasteiger partial charge in [0, 0.05) is 0 Å². The molecule has 0 atom stereocenters. The first-order chi connectivity index (χ1) is 14.5. The van der Waals surface area contributed by atoms with Gasteiger partial charge in [-0.3, -0.25) is 8.98 Å². The summed E-state index contributed by atoms with van der Waals surface area (Å²) in [6.45, 7) is 3.31. The van der Waals surface area contributed by atoms with Gasteiger partial charge < -0.3 is 28.8 Å². The van der Waals surface area contributed by atoms with Crippen molar-refractivity contribution in [1.82, 2.24) is 0 Å². The van der Waals surface area contributed by atoms with Gasteiger partial charge in [-0.05, 0) is 12.1 Å². The molecule has 0 saturated carbocycles. The van der Waals surface area contributed by atoms with Gasteiger partial charge in [0.2, 0.25) is 0 Å². The predicted octanol–water partition coefficient (Wildman–Crippen LogP) is 0.950. The molecule has 0 aliphatic rings. The Labute approximate surface area is 177 Å². The number of rotatable bonds is 20. The van der Waals surface area contributed by atoms with E-state index in [2.05, 4.69) is 0 Å². The molecule has 1 rings (SSSR count). The fourth-order valence-electron chi connectivity index (χ4n) is 2.00. The first-order valence-electron chi connectivity index (χ1n) is 9.57. The number of carbonyl (C=O) groups is 1. The Morgan fingerprint density at radius 1 is 0.667 bits per heavy atom. The molecule has 0 saturated heterocycles. The Morgan fingerprint density at radius 3 is 1.50 bits per heavy atom. The average Bonchev–Trinajstić information content (AvgIpc) is 2.73. The van der Waals surface area contributed by atoms with E-state index in [-0.39, 0.29) is 31.1 Å². The Hall–Kier alpha value is -1.60. The Bertz CT molecular complexity index is 651. The maximum atomic E-state index is 11.9. The van der Waals surface area contributed by atoms with Crippen LogP contribution >= 0.6 is 0 Å². The van der Waals surface area contributed by atoms with Crippen molar-refractivity contribution in [2.45, 2.75) is 11.3 Å². The van der Waals surface area contributed by atoms with Gasteiger partial charge >= 0.3 is 5.97 Å². The smallest absolute Gasteiger partial charge is 0.305 e. The van der Waals surface area contributed by atoms with Crippen molar-refractivity contribution in [2.24, 2.45) is 0 Å². The number of ether oxygens (including phenoxy) is 5. The lowest BCUT2D eigenvalue weighted by Gasteiger charge is -2.08. The standard InChI is InChI=1S/C19H30O10S/c20-19(21)6-7-24-8-9-25-10-11-26-12-13-27-14-15-28-16-17-29-30(22,23)18-4-2-1-3-5-18/h1-5H,6-17H2,(H,20,21). The van der Waals surface area contributed by atoms with Crippen LogP contribution in [0.25, 0.3) is 0 Å². The second kappa shape index (κ2) is 17.1. The van der Waals surface area contributed by atoms with E-state index in [1.165, 1.54) is 12.1 Å². The van der Waals surface area contributed by atoms with Crippen molar-refractivity contribution in [1.29, 1.82) is 0 Å². The van der Waals surface area contributed by atoms with E-state index in [0.29, 0.717) is 52.9 Å². The molecule has 0 unspecified atom stereocenters. The van der Waals surface area contributed by atoms with E-state index < -0.39 is 16.1 Å². The molecule has 0 aliphatic heterocycles. The molecule has 0 aromatic heterocycles. The largest absolute Gasteiger partial charge is 0.481 e. The summed E-state index contributed by atoms with van der Waals surface area (Å²) < 4.78 is 54.9. The molecule has 30 heavy (non-hydrogen) atoms. The zero-order valence-electron chi connectivity index (χ0n) is 16.9. The molecule has 0 fully saturated rings. The maximum Gasteiger partial charge on any atom is 0.305 e. The zero-order chi connectivity index (χ0) is 21.9. The summed E-state index contributed by atoms with van der Waals surface area (Å²) in [5.74, 6) is -0.888. The molecule has 11 heteroatoms. The van der Waals surface area contributed by atoms with Gasteiger partial charge in [0.25, 0.3) is 10.1 Å². The third-order valence-corrected chi connectivity index (χ3v) is 4.77. The first-order valence-corrected chi connectivity index (χ1v) is 11.0. The molecule has 0 amide bonds. The normalized spacial score (nSPS) is 11.6. The van der Waals surface area contributed by atoms with Crippen LogP contribution in [-0.4, -0.2) is 92.2 Å². The summed E-state index contributed by atoms with van der Waals surface area (Å²) in [7, 11) is -3.75. The van der Waals surface area contributed by atoms with Gasteiger partial charge in [-0.25, -0.2) is 0 Å². The van der Waals surface area contributed by atoms with Crippen LogP contribution < -0.4 is 0 Å². The molecule has 0 radical (unpaired) electrons. The third kappa shape index (κ3) is 14.4. The van der Waals surface area contributed by atoms with Crippen molar-refractivity contribution in [3.63, 3.8) is 0 Å². The number of benzene rings is 1. The fourth-order valence-corrected chi connectivity index (χ4v) is 2.91. The molecular weight excluding hydrogens is 420 g/mol. The maximum absolute atomic E-state index is 11.9. The molecule has 1 N–H and O–H groups in total. The quantitative estimate of drug-likeness (QED) is 0.227. The van der Waals surface area contributed by atoms with E-state index in [1.54, 1.807) is 18.2 Å². The van der Waals surface area contributed by atoms with Gasteiger partial charge in [0.1, 0.15) is 0 Å². The minimum Gasteiger partial charge on any atom is -0.481 e. The van der Waals surface area contributed by atoms with Crippen LogP contribution in [0.2, 0.25) is 0 Å². The summed E-state index contributed by atoms with van der Waals surface area (Å²) in [6.07, 6.45) is -0.0158. The molecule has 1 aromatic rings. The number of hydrogen-bond donors (Lipinski definition) is 1. The molecule has 1 aromatic carbocycles. The molecule has 0 bridgehead atoms. The van der Waals surface area contributed by atoms with Crippen LogP contribution in [0.15, 0.2) is 35.2 Å². The van der Waals surface area contributed by atoms with Crippen LogP contribution in [-0.2, 0) is 42.8 Å². The van der Waals surface area contributed by atoms with Crippen molar-refractivity contribution >= 4 is 16.1 Å². The van der Waals surface area contributed by atoms with Gasteiger partial charge in [0.15, 0.2) is 0 Å². The van der Waals surface area contributed by atoms with E-state index in [9.17, 15) is 13.2 Å². The third-order valence-electron chi connectivity index (χ3n) is 3.45. The van der Waals surface area contributed by atoms with Crippen LogP contribution in [0, 0.1) is 0 Å². The minimum atomic E-state index is -3.75. The first kappa shape index (κ1) is 26.4. The van der Waals surface area contributed by atoms with Crippen molar-refractivity contribution in [2.75, 3.05) is 72.7 Å². The molecule has 0 aliphatic carbocycles. The molecule has 0 spiro atoms. The van der Waals surface area contributed by atoms with E-state index >= 15 is 0 Å². The van der Waals surface area contributed by atoms with Crippen molar-refractivity contribution in [3.8, 4) is 0 Å². The van der Waals surface area contributed by atoms with E-state index in [1.807, 2.05) is 0 Å². The van der Waals surface area contributed by atoms with Gasteiger partial charge in [-0.15, -0.1) is 0 Å². The highest BCUT2D eigenvalue weighted by atomic mass is 32.2. The number of carboxylic acids is 1. The SMILES string of the molecule is O=C(O)CCOCCOCCOCCOCCOCCOS(=O)(=O)c1ccccc1. The summed E-state index contributed by atoms with van der Waals surface area (Å²) in [5.41, 5.74) is 0. The number of carboxylic acid groups (broad SMARTS) is 1. The highest BCUT2D eigenvalue weighted by molar-refractivity contribution is 7.86. The summed E-state index contributed by atoms with van der Waals surface area (Å²) >= 11 is 0. The van der Waals surface area contributed by atoms with Crippen LogP contribution in [0.5, 0.6) is 0 Å². The number of aliphatic carboxylic acids is 1. The summed E-state index contributed by atoms with van der Waals surface area (Å²) in [4.78, 5) is 10.4. The number of hydrogen-bond acceptors (Lipinski definition) is 9. The molecular formula is C19H30O10S. The highest BCUT2D eigenvalue weighted by Gasteiger charge is 2.13. The topological polar surface area (TPSA) is 127 Å². The predicted molar refractivity (Wildman–Crippen MR) is 106 cm³/mol. The lowest BCUT2D eigenvalue weighted by molar-refractivity contribution is -0.138. The minimum absolute atomic E-state index is 0.0158. The van der Waals surface area contributed by atoms with Gasteiger partial charge in [-0.2, -0.15) is 8.42 Å². The molecule has 10 nitrogen and oxygen atoms in total. The van der Waals surface area contributed by atoms with Gasteiger partial charge in [-0.1, -0.05) is 18.2 Å². The lowest BCUT2D eigenvalue weighted by Crippen LogP contribution is -2.15. The van der Waals surface area contributed by atoms with Crippen molar-refractivity contribution in [3.05, 3.63) is 30.3 Å². The average molecular weight is 451 g/mol. The monoisotopic (exact) mass is 450 g/mol. The van der Waals surface area contributed by atoms with Gasteiger partial charge in [0.05, 0.1) is 84.0 Å². The van der Waals surface area contributed by atoms with Crippen LogP contribution in [0.3, 0.4) is 0 Å². The van der Waals surface area contributed by atoms with Crippen LogP contribution in [0.4, 0.5) is 0 Å². The Morgan fingerprint density at radius 2 is 1.07 bits per heavy atom. The summed E-state index contributed by atoms with van der Waals surface area (Å²) in [5, 5.41) is 8.43. The Kier molecular flexibility index (Phi) is 15.1. The van der Waals surface area contributed by atoms with E-state index in [4.69, 9.17) is 33.0 Å².